The Hall–Kier alpha value is -1.74. The van der Waals surface area contributed by atoms with Crippen molar-refractivity contribution in [3.05, 3.63) is 47.9 Å². The van der Waals surface area contributed by atoms with Crippen LogP contribution in [0.5, 0.6) is 0 Å². The van der Waals surface area contributed by atoms with Gasteiger partial charge >= 0.3 is 0 Å². The van der Waals surface area contributed by atoms with Gasteiger partial charge in [0.05, 0.1) is 5.69 Å². The zero-order chi connectivity index (χ0) is 13.3. The van der Waals surface area contributed by atoms with E-state index < -0.39 is 0 Å². The van der Waals surface area contributed by atoms with E-state index in [1.807, 2.05) is 19.3 Å². The molecule has 0 radical (unpaired) electrons. The Morgan fingerprint density at radius 1 is 1.16 bits per heavy atom. The smallest absolute Gasteiger partial charge is 0.136 e. The third-order valence-electron chi connectivity index (χ3n) is 3.85. The molecule has 0 saturated heterocycles. The summed E-state index contributed by atoms with van der Waals surface area (Å²) in [5, 5.41) is 3.26. The van der Waals surface area contributed by atoms with Crippen molar-refractivity contribution in [2.24, 2.45) is 0 Å². The van der Waals surface area contributed by atoms with Crippen LogP contribution in [0.4, 0.5) is 0 Å². The summed E-state index contributed by atoms with van der Waals surface area (Å²) in [4.78, 5) is 9.26. The number of benzene rings is 1. The number of hydrogen-bond donors (Lipinski definition) is 1. The van der Waals surface area contributed by atoms with Crippen molar-refractivity contribution in [3.8, 4) is 11.3 Å². The summed E-state index contributed by atoms with van der Waals surface area (Å²) in [6, 6.07) is 10.5. The molecule has 1 aromatic carbocycles. The molecule has 3 nitrogen and oxygen atoms in total. The van der Waals surface area contributed by atoms with Gasteiger partial charge in [-0.15, -0.1) is 0 Å². The van der Waals surface area contributed by atoms with Crippen LogP contribution in [0, 0.1) is 6.92 Å². The third-order valence-corrected chi connectivity index (χ3v) is 3.85. The predicted molar refractivity (Wildman–Crippen MR) is 77.0 cm³/mol. The average Bonchev–Trinajstić information content (AvgIpc) is 3.21. The quantitative estimate of drug-likeness (QED) is 0.910. The fourth-order valence-corrected chi connectivity index (χ4v) is 2.47. The first-order valence-electron chi connectivity index (χ1n) is 6.79. The van der Waals surface area contributed by atoms with Crippen molar-refractivity contribution < 1.29 is 0 Å². The Bertz CT molecular complexity index is 571. The minimum atomic E-state index is 0.176. The highest BCUT2D eigenvalue weighted by molar-refractivity contribution is 5.59. The molecule has 0 spiro atoms. The van der Waals surface area contributed by atoms with Crippen LogP contribution in [0.1, 0.15) is 24.2 Å². The molecule has 0 atom stereocenters. The fraction of sp³-hybridized carbons (Fsp3) is 0.375. The number of hydrogen-bond acceptors (Lipinski definition) is 3. The number of rotatable bonds is 4. The molecule has 1 heterocycles. The summed E-state index contributed by atoms with van der Waals surface area (Å²) in [5.74, 6) is 0.986. The van der Waals surface area contributed by atoms with E-state index in [9.17, 15) is 0 Å². The van der Waals surface area contributed by atoms with Crippen LogP contribution in [-0.2, 0) is 5.41 Å². The second-order valence-electron chi connectivity index (χ2n) is 5.44. The molecule has 3 heteroatoms. The summed E-state index contributed by atoms with van der Waals surface area (Å²) in [6.07, 6.45) is 4.25. The molecule has 2 aromatic rings. The maximum atomic E-state index is 4.77. The lowest BCUT2D eigenvalue weighted by Crippen LogP contribution is -2.25. The van der Waals surface area contributed by atoms with Gasteiger partial charge in [-0.25, -0.2) is 9.97 Å². The van der Waals surface area contributed by atoms with Crippen LogP contribution in [0.2, 0.25) is 0 Å². The zero-order valence-electron chi connectivity index (χ0n) is 11.5. The van der Waals surface area contributed by atoms with Gasteiger partial charge in [-0.3, -0.25) is 0 Å². The average molecular weight is 253 g/mol. The van der Waals surface area contributed by atoms with Crippen LogP contribution in [0.3, 0.4) is 0 Å². The van der Waals surface area contributed by atoms with Crippen molar-refractivity contribution in [2.45, 2.75) is 25.2 Å². The van der Waals surface area contributed by atoms with Gasteiger partial charge < -0.3 is 5.32 Å². The topological polar surface area (TPSA) is 37.8 Å². The molecule has 1 saturated carbocycles. The van der Waals surface area contributed by atoms with Gasteiger partial charge in [0, 0.05) is 23.7 Å². The molecule has 0 aliphatic heterocycles. The minimum absolute atomic E-state index is 0.176. The van der Waals surface area contributed by atoms with Gasteiger partial charge in [0.2, 0.25) is 0 Å². The maximum absolute atomic E-state index is 4.77. The summed E-state index contributed by atoms with van der Waals surface area (Å²) in [5.41, 5.74) is 3.63. The molecule has 1 fully saturated rings. The minimum Gasteiger partial charge on any atom is -0.319 e. The van der Waals surface area contributed by atoms with Gasteiger partial charge in [-0.2, -0.15) is 0 Å². The lowest BCUT2D eigenvalue weighted by molar-refractivity contribution is 0.588. The van der Waals surface area contributed by atoms with Crippen molar-refractivity contribution in [3.63, 3.8) is 0 Å². The first-order valence-corrected chi connectivity index (χ1v) is 6.79. The second-order valence-corrected chi connectivity index (χ2v) is 5.44. The second kappa shape index (κ2) is 4.74. The third kappa shape index (κ3) is 2.38. The molecule has 1 aromatic heterocycles. The lowest BCUT2D eigenvalue weighted by Gasteiger charge is -2.13. The summed E-state index contributed by atoms with van der Waals surface area (Å²) in [6.45, 7) is 3.06. The van der Waals surface area contributed by atoms with E-state index in [4.69, 9.17) is 4.98 Å². The van der Waals surface area contributed by atoms with Gasteiger partial charge in [0.25, 0.3) is 0 Å². The molecule has 19 heavy (non-hydrogen) atoms. The van der Waals surface area contributed by atoms with Crippen LogP contribution < -0.4 is 5.32 Å². The number of aromatic nitrogens is 2. The SMILES string of the molecule is CNCC1(c2nccc(-c3ccc(C)cc3)n2)CC1. The number of nitrogens with zero attached hydrogens (tertiary/aromatic N) is 2. The molecule has 98 valence electrons. The Balaban J connectivity index is 1.94. The molecular formula is C16H19N3. The largest absolute Gasteiger partial charge is 0.319 e. The fourth-order valence-electron chi connectivity index (χ4n) is 2.47. The van der Waals surface area contributed by atoms with E-state index in [0.717, 1.165) is 23.6 Å². The number of likely N-dealkylation sites (N-methyl/N-ethyl adjacent to an activating group) is 1. The molecule has 0 bridgehead atoms. The highest BCUT2D eigenvalue weighted by atomic mass is 15.0. The summed E-state index contributed by atoms with van der Waals surface area (Å²) in [7, 11) is 1.99. The molecule has 0 unspecified atom stereocenters. The van der Waals surface area contributed by atoms with E-state index >= 15 is 0 Å². The zero-order valence-corrected chi connectivity index (χ0v) is 11.5. The molecular weight excluding hydrogens is 234 g/mol. The van der Waals surface area contributed by atoms with Gasteiger partial charge in [-0.05, 0) is 32.9 Å². The highest BCUT2D eigenvalue weighted by Crippen LogP contribution is 2.46. The van der Waals surface area contributed by atoms with Gasteiger partial charge in [-0.1, -0.05) is 29.8 Å². The van der Waals surface area contributed by atoms with E-state index in [1.165, 1.54) is 18.4 Å². The monoisotopic (exact) mass is 253 g/mol. The maximum Gasteiger partial charge on any atom is 0.136 e. The van der Waals surface area contributed by atoms with Crippen molar-refractivity contribution in [2.75, 3.05) is 13.6 Å². The Labute approximate surface area is 114 Å². The molecule has 1 aliphatic rings. The first kappa shape index (κ1) is 12.3. The van der Waals surface area contributed by atoms with Gasteiger partial charge in [0.1, 0.15) is 5.82 Å². The highest BCUT2D eigenvalue weighted by Gasteiger charge is 2.46. The summed E-state index contributed by atoms with van der Waals surface area (Å²) < 4.78 is 0. The van der Waals surface area contributed by atoms with Crippen LogP contribution in [-0.4, -0.2) is 23.6 Å². The first-order chi connectivity index (χ1) is 9.23. The predicted octanol–water partition coefficient (Wildman–Crippen LogP) is 2.70. The van der Waals surface area contributed by atoms with Crippen LogP contribution >= 0.6 is 0 Å². The van der Waals surface area contributed by atoms with Crippen molar-refractivity contribution >= 4 is 0 Å². The Kier molecular flexibility index (Phi) is 3.07. The Morgan fingerprint density at radius 3 is 2.53 bits per heavy atom. The number of nitrogens with one attached hydrogen (secondary N) is 1. The van der Waals surface area contributed by atoms with E-state index in [2.05, 4.69) is 41.5 Å². The molecule has 0 amide bonds. The Morgan fingerprint density at radius 2 is 1.89 bits per heavy atom. The normalized spacial score (nSPS) is 16.3. The van der Waals surface area contributed by atoms with Gasteiger partial charge in [0.15, 0.2) is 0 Å². The molecule has 3 rings (SSSR count). The van der Waals surface area contributed by atoms with Crippen molar-refractivity contribution in [1.82, 2.24) is 15.3 Å². The van der Waals surface area contributed by atoms with Crippen LogP contribution in [0.15, 0.2) is 36.5 Å². The van der Waals surface area contributed by atoms with E-state index in [1.54, 1.807) is 0 Å². The summed E-state index contributed by atoms with van der Waals surface area (Å²) >= 11 is 0. The van der Waals surface area contributed by atoms with Crippen molar-refractivity contribution in [1.29, 1.82) is 0 Å². The number of aryl methyl sites for hydroxylation is 1. The molecule has 1 N–H and O–H groups in total. The van der Waals surface area contributed by atoms with E-state index in [-0.39, 0.29) is 5.41 Å². The van der Waals surface area contributed by atoms with Crippen LogP contribution in [0.25, 0.3) is 11.3 Å². The lowest BCUT2D eigenvalue weighted by atomic mass is 10.1. The molecule has 1 aliphatic carbocycles. The van der Waals surface area contributed by atoms with E-state index in [0.29, 0.717) is 0 Å². The standard InChI is InChI=1S/C16H19N3/c1-12-3-5-13(6-4-12)14-7-10-18-15(19-14)16(8-9-16)11-17-2/h3-7,10,17H,8-9,11H2,1-2H3.